The Kier molecular flexibility index (Phi) is 2.14. The van der Waals surface area contributed by atoms with Gasteiger partial charge in [-0.3, -0.25) is 0 Å². The highest BCUT2D eigenvalue weighted by molar-refractivity contribution is 9.09. The van der Waals surface area contributed by atoms with Crippen LogP contribution < -0.4 is 0 Å². The zero-order valence-electron chi connectivity index (χ0n) is 5.69. The van der Waals surface area contributed by atoms with Crippen LogP contribution in [0.5, 0.6) is 0 Å². The third-order valence-electron chi connectivity index (χ3n) is 1.32. The summed E-state index contributed by atoms with van der Waals surface area (Å²) < 4.78 is 10.8. The summed E-state index contributed by atoms with van der Waals surface area (Å²) in [6, 6.07) is 0. The molecule has 1 rings (SSSR count). The first-order valence-corrected chi connectivity index (χ1v) is 4.16. The van der Waals surface area contributed by atoms with Crippen molar-refractivity contribution in [3.05, 3.63) is 0 Å². The lowest BCUT2D eigenvalue weighted by Gasteiger charge is -2.18. The summed E-state index contributed by atoms with van der Waals surface area (Å²) in [4.78, 5) is 0. The zero-order valence-corrected chi connectivity index (χ0v) is 7.27. The van der Waals surface area contributed by atoms with Crippen LogP contribution in [-0.2, 0) is 9.47 Å². The van der Waals surface area contributed by atoms with Gasteiger partial charge in [0.2, 0.25) is 0 Å². The van der Waals surface area contributed by atoms with Crippen molar-refractivity contribution in [1.82, 2.24) is 0 Å². The molecule has 0 N–H and O–H groups in total. The fraction of sp³-hybridized carbons (Fsp3) is 1.00. The molecular weight excluding hydrogens is 184 g/mol. The van der Waals surface area contributed by atoms with Gasteiger partial charge in [0, 0.05) is 0 Å². The van der Waals surface area contributed by atoms with Crippen LogP contribution in [0.4, 0.5) is 0 Å². The van der Waals surface area contributed by atoms with E-state index < -0.39 is 0 Å². The first-order chi connectivity index (χ1) is 4.16. The number of ether oxygens (including phenoxy) is 2. The molecule has 0 aromatic carbocycles. The first kappa shape index (κ1) is 7.51. The Labute approximate surface area is 63.7 Å². The monoisotopic (exact) mass is 194 g/mol. The van der Waals surface area contributed by atoms with E-state index in [-0.39, 0.29) is 11.9 Å². The highest BCUT2D eigenvalue weighted by Crippen LogP contribution is 2.24. The smallest absolute Gasteiger partial charge is 0.175 e. The van der Waals surface area contributed by atoms with Crippen molar-refractivity contribution in [3.8, 4) is 0 Å². The minimum absolute atomic E-state index is 0.243. The minimum Gasteiger partial charge on any atom is -0.347 e. The standard InChI is InChI=1S/C6H11BrO2/c1-5-3-8-6(2,4-7)9-5/h5H,3-4H2,1-2H3. The zero-order chi connectivity index (χ0) is 6.91. The Morgan fingerprint density at radius 2 is 2.44 bits per heavy atom. The van der Waals surface area contributed by atoms with Gasteiger partial charge in [0.05, 0.1) is 18.0 Å². The summed E-state index contributed by atoms with van der Waals surface area (Å²) in [6.45, 7) is 4.65. The van der Waals surface area contributed by atoms with Crippen molar-refractivity contribution in [2.75, 3.05) is 11.9 Å². The summed E-state index contributed by atoms with van der Waals surface area (Å²) in [5.41, 5.74) is 0. The lowest BCUT2D eigenvalue weighted by atomic mass is 10.4. The van der Waals surface area contributed by atoms with E-state index >= 15 is 0 Å². The van der Waals surface area contributed by atoms with E-state index in [0.29, 0.717) is 6.61 Å². The Balaban J connectivity index is 2.45. The number of halogens is 1. The van der Waals surface area contributed by atoms with E-state index in [1.807, 2.05) is 13.8 Å². The second-order valence-corrected chi connectivity index (χ2v) is 3.07. The molecule has 9 heavy (non-hydrogen) atoms. The highest BCUT2D eigenvalue weighted by atomic mass is 79.9. The average Bonchev–Trinajstić information content (AvgIpc) is 2.13. The van der Waals surface area contributed by atoms with Crippen LogP contribution in [0.3, 0.4) is 0 Å². The number of hydrogen-bond acceptors (Lipinski definition) is 2. The maximum absolute atomic E-state index is 5.43. The van der Waals surface area contributed by atoms with Crippen molar-refractivity contribution in [1.29, 1.82) is 0 Å². The van der Waals surface area contributed by atoms with Crippen LogP contribution in [0.1, 0.15) is 13.8 Å². The van der Waals surface area contributed by atoms with Crippen LogP contribution in [0.25, 0.3) is 0 Å². The van der Waals surface area contributed by atoms with E-state index in [1.165, 1.54) is 0 Å². The number of hydrogen-bond donors (Lipinski definition) is 0. The maximum atomic E-state index is 5.43. The molecule has 0 aromatic rings. The molecule has 0 bridgehead atoms. The molecule has 0 spiro atoms. The van der Waals surface area contributed by atoms with Crippen molar-refractivity contribution in [3.63, 3.8) is 0 Å². The Bertz CT molecular complexity index is 107. The van der Waals surface area contributed by atoms with E-state index in [0.717, 1.165) is 5.33 Å². The molecule has 2 nitrogen and oxygen atoms in total. The molecule has 1 saturated heterocycles. The van der Waals surface area contributed by atoms with Gasteiger partial charge in [-0.2, -0.15) is 0 Å². The average molecular weight is 195 g/mol. The molecule has 0 saturated carbocycles. The fourth-order valence-corrected chi connectivity index (χ4v) is 1.15. The van der Waals surface area contributed by atoms with Crippen molar-refractivity contribution in [2.24, 2.45) is 0 Å². The minimum atomic E-state index is -0.376. The summed E-state index contributed by atoms with van der Waals surface area (Å²) in [6.07, 6.45) is 0.243. The maximum Gasteiger partial charge on any atom is 0.175 e. The van der Waals surface area contributed by atoms with Gasteiger partial charge >= 0.3 is 0 Å². The third kappa shape index (κ3) is 1.66. The van der Waals surface area contributed by atoms with Gasteiger partial charge < -0.3 is 9.47 Å². The second kappa shape index (κ2) is 2.56. The summed E-state index contributed by atoms with van der Waals surface area (Å²) in [5, 5.41) is 0.740. The highest BCUT2D eigenvalue weighted by Gasteiger charge is 2.33. The van der Waals surface area contributed by atoms with Crippen LogP contribution in [0, 0.1) is 0 Å². The van der Waals surface area contributed by atoms with Gasteiger partial charge in [-0.05, 0) is 13.8 Å². The van der Waals surface area contributed by atoms with Crippen LogP contribution in [-0.4, -0.2) is 23.8 Å². The molecular formula is C6H11BrO2. The van der Waals surface area contributed by atoms with Crippen molar-refractivity contribution in [2.45, 2.75) is 25.7 Å². The van der Waals surface area contributed by atoms with Crippen LogP contribution in [0.15, 0.2) is 0 Å². The van der Waals surface area contributed by atoms with E-state index in [2.05, 4.69) is 15.9 Å². The van der Waals surface area contributed by atoms with Gasteiger partial charge in [0.15, 0.2) is 5.79 Å². The molecule has 2 atom stereocenters. The largest absolute Gasteiger partial charge is 0.347 e. The summed E-state index contributed by atoms with van der Waals surface area (Å²) in [7, 11) is 0. The predicted octanol–water partition coefficient (Wildman–Crippen LogP) is 1.53. The number of rotatable bonds is 1. The van der Waals surface area contributed by atoms with Gasteiger partial charge in [-0.25, -0.2) is 0 Å². The first-order valence-electron chi connectivity index (χ1n) is 3.04. The van der Waals surface area contributed by atoms with E-state index in [9.17, 15) is 0 Å². The van der Waals surface area contributed by atoms with E-state index in [4.69, 9.17) is 9.47 Å². The summed E-state index contributed by atoms with van der Waals surface area (Å²) >= 11 is 3.31. The fourth-order valence-electron chi connectivity index (χ4n) is 0.857. The molecule has 0 aliphatic carbocycles. The molecule has 1 fully saturated rings. The molecule has 2 unspecified atom stereocenters. The third-order valence-corrected chi connectivity index (χ3v) is 2.34. The predicted molar refractivity (Wildman–Crippen MR) is 38.7 cm³/mol. The Hall–Kier alpha value is 0.400. The van der Waals surface area contributed by atoms with Crippen molar-refractivity contribution < 1.29 is 9.47 Å². The van der Waals surface area contributed by atoms with Gasteiger partial charge in [0.1, 0.15) is 0 Å². The molecule has 1 aliphatic rings. The molecule has 1 aliphatic heterocycles. The Morgan fingerprint density at radius 3 is 2.67 bits per heavy atom. The number of alkyl halides is 1. The second-order valence-electron chi connectivity index (χ2n) is 2.51. The topological polar surface area (TPSA) is 18.5 Å². The molecule has 1 heterocycles. The quantitative estimate of drug-likeness (QED) is 0.590. The normalized spacial score (nSPS) is 43.7. The molecule has 0 radical (unpaired) electrons. The lowest BCUT2D eigenvalue weighted by molar-refractivity contribution is -0.131. The van der Waals surface area contributed by atoms with Gasteiger partial charge in [-0.1, -0.05) is 15.9 Å². The summed E-state index contributed by atoms with van der Waals surface area (Å²) in [5.74, 6) is -0.376. The lowest BCUT2D eigenvalue weighted by Crippen LogP contribution is -2.27. The van der Waals surface area contributed by atoms with Crippen LogP contribution in [0.2, 0.25) is 0 Å². The SMILES string of the molecule is CC1COC(C)(CBr)O1. The molecule has 0 aromatic heterocycles. The molecule has 54 valence electrons. The Morgan fingerprint density at radius 1 is 1.78 bits per heavy atom. The molecule has 3 heteroatoms. The van der Waals surface area contributed by atoms with Crippen LogP contribution >= 0.6 is 15.9 Å². The van der Waals surface area contributed by atoms with Gasteiger partial charge in [0.25, 0.3) is 0 Å². The van der Waals surface area contributed by atoms with E-state index in [1.54, 1.807) is 0 Å². The van der Waals surface area contributed by atoms with Gasteiger partial charge in [-0.15, -0.1) is 0 Å². The van der Waals surface area contributed by atoms with Crippen molar-refractivity contribution >= 4 is 15.9 Å². The molecule has 0 amide bonds.